The van der Waals surface area contributed by atoms with Gasteiger partial charge in [0.25, 0.3) is 0 Å². The number of hydrogen-bond donors (Lipinski definition) is 3. The number of methoxy groups -OCH3 is 2. The highest BCUT2D eigenvalue weighted by molar-refractivity contribution is 6.03. The first-order valence-electron chi connectivity index (χ1n) is 23.3. The Labute approximate surface area is 389 Å². The lowest BCUT2D eigenvalue weighted by Gasteiger charge is -2.60. The van der Waals surface area contributed by atoms with E-state index in [1.54, 1.807) is 48.4 Å². The van der Waals surface area contributed by atoms with Gasteiger partial charge in [0, 0.05) is 43.7 Å². The number of hydrogen-bond acceptors (Lipinski definition) is 12. The van der Waals surface area contributed by atoms with Crippen molar-refractivity contribution in [2.45, 2.75) is 103 Å². The van der Waals surface area contributed by atoms with E-state index in [-0.39, 0.29) is 68.4 Å². The molecule has 1 heterocycles. The normalized spacial score (nSPS) is 22.5. The van der Waals surface area contributed by atoms with Gasteiger partial charge in [-0.25, -0.2) is 9.59 Å². The van der Waals surface area contributed by atoms with Gasteiger partial charge in [-0.1, -0.05) is 88.2 Å². The molecule has 0 radical (unpaired) electrons. The predicted octanol–water partition coefficient (Wildman–Crippen LogP) is 10.0. The van der Waals surface area contributed by atoms with Gasteiger partial charge >= 0.3 is 12.2 Å². The van der Waals surface area contributed by atoms with E-state index in [1.807, 2.05) is 64.1 Å². The summed E-state index contributed by atoms with van der Waals surface area (Å²) in [5, 5.41) is 27.7. The number of rotatable bonds is 22. The smallest absolute Gasteiger partial charge is 0.417 e. The number of nitrogens with one attached hydrogen (secondary N) is 1. The molecule has 14 nitrogen and oxygen atoms in total. The Morgan fingerprint density at radius 1 is 0.970 bits per heavy atom. The number of nitrogens with zero attached hydrogens (tertiary/aromatic N) is 2. The summed E-state index contributed by atoms with van der Waals surface area (Å²) >= 11 is 0. The number of oxime groups is 1. The molecule has 1 saturated carbocycles. The third-order valence-corrected chi connectivity index (χ3v) is 12.5. The monoisotopic (exact) mass is 911 g/mol. The van der Waals surface area contributed by atoms with Crippen molar-refractivity contribution in [1.29, 1.82) is 0 Å². The van der Waals surface area contributed by atoms with Gasteiger partial charge in [-0.2, -0.15) is 0 Å². The summed E-state index contributed by atoms with van der Waals surface area (Å²) in [4.78, 5) is 36.1. The summed E-state index contributed by atoms with van der Waals surface area (Å²) in [7, 11) is 3.06. The second-order valence-electron chi connectivity index (χ2n) is 18.4. The van der Waals surface area contributed by atoms with Gasteiger partial charge in [0.05, 0.1) is 44.8 Å². The van der Waals surface area contributed by atoms with Crippen molar-refractivity contribution in [3.63, 3.8) is 0 Å². The molecule has 2 amide bonds. The quantitative estimate of drug-likeness (QED) is 0.0499. The molecule has 0 bridgehead atoms. The van der Waals surface area contributed by atoms with Crippen molar-refractivity contribution in [3.05, 3.63) is 102 Å². The molecule has 0 saturated heterocycles. The Morgan fingerprint density at radius 2 is 1.71 bits per heavy atom. The van der Waals surface area contributed by atoms with Crippen molar-refractivity contribution in [2.75, 3.05) is 52.5 Å². The summed E-state index contributed by atoms with van der Waals surface area (Å²) < 4.78 is 37.3. The SMILES string of the molecule is C=CCO[C@@]12Oc3ccc(OC(=O)Nc4ccc(OC)cc4OC)cc3[C@H]3[C@H](CCCCO)[C@@H](CCCCO)C=C(C(=NOCc4ccccc4)C[C@@H]1N(CCC)C(=O)OCC(C)(C)C)[C@H]32. The minimum Gasteiger partial charge on any atom is -0.497 e. The van der Waals surface area contributed by atoms with Gasteiger partial charge < -0.3 is 43.5 Å². The summed E-state index contributed by atoms with van der Waals surface area (Å²) in [5.41, 5.74) is 3.43. The molecular weight excluding hydrogens is 843 g/mol. The second-order valence-corrected chi connectivity index (χ2v) is 18.4. The summed E-state index contributed by atoms with van der Waals surface area (Å²) in [5.74, 6) is -0.614. The van der Waals surface area contributed by atoms with Crippen molar-refractivity contribution in [1.82, 2.24) is 4.90 Å². The highest BCUT2D eigenvalue weighted by Crippen LogP contribution is 2.62. The van der Waals surface area contributed by atoms with Gasteiger partial charge in [-0.05, 0) is 90.8 Å². The van der Waals surface area contributed by atoms with E-state index >= 15 is 0 Å². The van der Waals surface area contributed by atoms with Crippen LogP contribution in [-0.4, -0.2) is 92.0 Å². The lowest BCUT2D eigenvalue weighted by atomic mass is 9.55. The van der Waals surface area contributed by atoms with Crippen LogP contribution in [0.15, 0.2) is 96.2 Å². The highest BCUT2D eigenvalue weighted by Gasteiger charge is 2.65. The number of benzene rings is 3. The number of carbonyl (C=O) groups excluding carboxylic acids is 2. The first-order valence-corrected chi connectivity index (χ1v) is 23.3. The standard InChI is InChI=1S/C52H69N3O11/c1-8-25-55(50(59)62-34-51(3,4)5)46-32-43(54-64-33-35-17-11-10-12-18-35)40-29-36(19-13-15-26-56)39(20-14-16-27-57)47-41-30-38(22-24-44(41)66-52(46,48(40)47)63-28-9-2)65-49(58)53-42-23-21-37(60-6)31-45(42)61-7/h9-12,17-18,21-24,29-31,36,39,46-48,56-57H,2,8,13-16,19-20,25-28,32-34H2,1,3-7H3,(H,53,58)/t36-,39+,46-,47+,48+,52+/m0/s1. The van der Waals surface area contributed by atoms with E-state index in [0.717, 1.165) is 42.4 Å². The van der Waals surface area contributed by atoms with Crippen LogP contribution in [0.5, 0.6) is 23.0 Å². The van der Waals surface area contributed by atoms with E-state index in [4.69, 9.17) is 38.4 Å². The Morgan fingerprint density at radius 3 is 2.39 bits per heavy atom. The van der Waals surface area contributed by atoms with Gasteiger partial charge in [-0.15, -0.1) is 6.58 Å². The van der Waals surface area contributed by atoms with Crippen LogP contribution in [0, 0.1) is 23.2 Å². The van der Waals surface area contributed by atoms with Gasteiger partial charge in [0.15, 0.2) is 0 Å². The zero-order chi connectivity index (χ0) is 47.3. The molecule has 3 aliphatic rings. The maximum Gasteiger partial charge on any atom is 0.417 e. The van der Waals surface area contributed by atoms with Gasteiger partial charge in [-0.3, -0.25) is 10.2 Å². The molecule has 0 unspecified atom stereocenters. The Bertz CT molecular complexity index is 2150. The third-order valence-electron chi connectivity index (χ3n) is 12.5. The molecule has 3 aromatic carbocycles. The zero-order valence-corrected chi connectivity index (χ0v) is 39.5. The molecule has 1 fully saturated rings. The molecule has 0 aromatic heterocycles. The largest absolute Gasteiger partial charge is 0.497 e. The predicted molar refractivity (Wildman–Crippen MR) is 253 cm³/mol. The van der Waals surface area contributed by atoms with E-state index in [2.05, 4.69) is 18.0 Å². The molecule has 6 atom stereocenters. The molecule has 0 spiro atoms. The van der Waals surface area contributed by atoms with E-state index in [0.29, 0.717) is 54.5 Å². The number of aliphatic hydroxyl groups is 2. The van der Waals surface area contributed by atoms with E-state index in [9.17, 15) is 19.8 Å². The van der Waals surface area contributed by atoms with Gasteiger partial charge in [0.1, 0.15) is 35.6 Å². The Kier molecular flexibility index (Phi) is 17.6. The number of aliphatic hydroxyl groups excluding tert-OH is 2. The highest BCUT2D eigenvalue weighted by atomic mass is 16.7. The molecule has 66 heavy (non-hydrogen) atoms. The molecule has 3 N–H and O–H groups in total. The fourth-order valence-electron chi connectivity index (χ4n) is 9.59. The zero-order valence-electron chi connectivity index (χ0n) is 39.5. The van der Waals surface area contributed by atoms with Crippen molar-refractivity contribution in [2.24, 2.45) is 28.3 Å². The molecular formula is C52H69N3O11. The number of amides is 2. The van der Waals surface area contributed by atoms with Crippen LogP contribution in [0.25, 0.3) is 0 Å². The van der Waals surface area contributed by atoms with Crippen molar-refractivity contribution >= 4 is 23.6 Å². The number of allylic oxidation sites excluding steroid dienone is 1. The summed E-state index contributed by atoms with van der Waals surface area (Å²) in [6.07, 6.45) is 7.92. The van der Waals surface area contributed by atoms with Crippen LogP contribution < -0.4 is 24.3 Å². The van der Waals surface area contributed by atoms with Crippen LogP contribution in [0.4, 0.5) is 15.3 Å². The molecule has 3 aromatic rings. The lowest BCUT2D eigenvalue weighted by Crippen LogP contribution is -2.70. The van der Waals surface area contributed by atoms with Crippen molar-refractivity contribution < 1.29 is 53.1 Å². The maximum atomic E-state index is 14.5. The maximum absolute atomic E-state index is 14.5. The van der Waals surface area contributed by atoms with Crippen molar-refractivity contribution in [3.8, 4) is 23.0 Å². The fourth-order valence-corrected chi connectivity index (χ4v) is 9.59. The molecule has 14 heteroatoms. The average Bonchev–Trinajstić information content (AvgIpc) is 3.31. The fraction of sp³-hybridized carbons (Fsp3) is 0.519. The Hall–Kier alpha value is -5.57. The first-order chi connectivity index (χ1) is 31.9. The average molecular weight is 912 g/mol. The minimum absolute atomic E-state index is 0.00401. The lowest BCUT2D eigenvalue weighted by molar-refractivity contribution is -0.255. The minimum atomic E-state index is -1.47. The third kappa shape index (κ3) is 11.9. The topological polar surface area (TPSA) is 167 Å². The molecule has 1 aliphatic heterocycles. The molecule has 6 rings (SSSR count). The van der Waals surface area contributed by atoms with Crippen LogP contribution in [0.3, 0.4) is 0 Å². The number of ether oxygens (including phenoxy) is 6. The summed E-state index contributed by atoms with van der Waals surface area (Å²) in [6, 6.07) is 19.5. The van der Waals surface area contributed by atoms with Crippen LogP contribution >= 0.6 is 0 Å². The van der Waals surface area contributed by atoms with E-state index in [1.165, 1.54) is 7.11 Å². The van der Waals surface area contributed by atoms with Crippen LogP contribution in [-0.2, 0) is 20.9 Å². The first kappa shape index (κ1) is 49.9. The van der Waals surface area contributed by atoms with Crippen LogP contribution in [0.2, 0.25) is 0 Å². The van der Waals surface area contributed by atoms with E-state index < -0.39 is 29.9 Å². The molecule has 358 valence electrons. The Balaban J connectivity index is 1.53. The number of fused-ring (bicyclic) bond motifs is 2. The number of anilines is 1. The number of unbranched alkanes of at least 4 members (excludes halogenated alkanes) is 2. The number of carbonyl (C=O) groups is 2. The van der Waals surface area contributed by atoms with Crippen LogP contribution in [0.1, 0.15) is 96.1 Å². The second kappa shape index (κ2) is 23.2. The molecule has 2 aliphatic carbocycles. The summed E-state index contributed by atoms with van der Waals surface area (Å²) in [6.45, 7) is 13.1. The van der Waals surface area contributed by atoms with Gasteiger partial charge in [0.2, 0.25) is 5.79 Å².